The van der Waals surface area contributed by atoms with Crippen molar-refractivity contribution in [3.63, 3.8) is 0 Å². The van der Waals surface area contributed by atoms with Gasteiger partial charge in [-0.1, -0.05) is 43.3 Å². The number of anilines is 2. The summed E-state index contributed by atoms with van der Waals surface area (Å²) < 4.78 is 27.6. The molecule has 32 heavy (non-hydrogen) atoms. The van der Waals surface area contributed by atoms with Crippen molar-refractivity contribution >= 4 is 33.2 Å². The van der Waals surface area contributed by atoms with E-state index in [2.05, 4.69) is 15.4 Å². The fourth-order valence-electron chi connectivity index (χ4n) is 2.97. The summed E-state index contributed by atoms with van der Waals surface area (Å²) in [6, 6.07) is 22.2. The molecule has 0 heterocycles. The lowest BCUT2D eigenvalue weighted by atomic mass is 10.1. The van der Waals surface area contributed by atoms with Crippen molar-refractivity contribution in [2.75, 3.05) is 17.2 Å². The van der Waals surface area contributed by atoms with E-state index in [-0.39, 0.29) is 23.3 Å². The standard InChI is InChI=1S/C24H25N3O4S/c1-2-23(28)26-21-10-6-9-19(17-21)24(29)27-20-11-13-22(14-12-20)32(30,31)25-16-15-18-7-4-3-5-8-18/h3-14,17,25H,2,15-16H2,1H3,(H,26,28)(H,27,29). The van der Waals surface area contributed by atoms with Gasteiger partial charge < -0.3 is 10.6 Å². The highest BCUT2D eigenvalue weighted by Gasteiger charge is 2.14. The summed E-state index contributed by atoms with van der Waals surface area (Å²) in [7, 11) is -3.65. The Bertz CT molecular complexity index is 1180. The molecule has 3 rings (SSSR count). The normalized spacial score (nSPS) is 11.0. The Labute approximate surface area is 187 Å². The van der Waals surface area contributed by atoms with Gasteiger partial charge in [0.05, 0.1) is 4.90 Å². The first-order chi connectivity index (χ1) is 15.4. The summed E-state index contributed by atoms with van der Waals surface area (Å²) in [6.07, 6.45) is 0.929. The van der Waals surface area contributed by atoms with E-state index in [1.165, 1.54) is 24.3 Å². The largest absolute Gasteiger partial charge is 0.326 e. The third-order valence-corrected chi connectivity index (χ3v) is 6.18. The molecule has 0 saturated heterocycles. The summed E-state index contributed by atoms with van der Waals surface area (Å²) >= 11 is 0. The van der Waals surface area contributed by atoms with Crippen LogP contribution in [0.25, 0.3) is 0 Å². The van der Waals surface area contributed by atoms with Gasteiger partial charge in [-0.2, -0.15) is 0 Å². The molecule has 7 nitrogen and oxygen atoms in total. The second kappa shape index (κ2) is 10.7. The molecule has 2 amide bonds. The first-order valence-corrected chi connectivity index (χ1v) is 11.7. The van der Waals surface area contributed by atoms with Gasteiger partial charge in [0.25, 0.3) is 5.91 Å². The Balaban J connectivity index is 1.59. The molecule has 3 N–H and O–H groups in total. The van der Waals surface area contributed by atoms with Crippen molar-refractivity contribution in [3.05, 3.63) is 90.0 Å². The first kappa shape index (κ1) is 23.2. The van der Waals surface area contributed by atoms with E-state index in [0.717, 1.165) is 5.56 Å². The van der Waals surface area contributed by atoms with Crippen LogP contribution in [0.4, 0.5) is 11.4 Å². The molecule has 0 fully saturated rings. The van der Waals surface area contributed by atoms with Crippen molar-refractivity contribution < 1.29 is 18.0 Å². The molecular formula is C24H25N3O4S. The van der Waals surface area contributed by atoms with Crippen molar-refractivity contribution in [1.82, 2.24) is 4.72 Å². The van der Waals surface area contributed by atoms with E-state index in [0.29, 0.717) is 29.8 Å². The summed E-state index contributed by atoms with van der Waals surface area (Å²) in [5.74, 6) is -0.508. The Morgan fingerprint density at radius 2 is 1.53 bits per heavy atom. The van der Waals surface area contributed by atoms with Gasteiger partial charge in [-0.25, -0.2) is 13.1 Å². The Morgan fingerprint density at radius 1 is 0.812 bits per heavy atom. The number of carbonyl (C=O) groups is 2. The monoisotopic (exact) mass is 451 g/mol. The average Bonchev–Trinajstić information content (AvgIpc) is 2.80. The second-order valence-corrected chi connectivity index (χ2v) is 8.86. The highest BCUT2D eigenvalue weighted by Crippen LogP contribution is 2.17. The molecule has 8 heteroatoms. The summed E-state index contributed by atoms with van der Waals surface area (Å²) in [4.78, 5) is 24.2. The molecule has 0 aliphatic heterocycles. The number of hydrogen-bond donors (Lipinski definition) is 3. The zero-order chi connectivity index (χ0) is 23.0. The van der Waals surface area contributed by atoms with E-state index in [9.17, 15) is 18.0 Å². The zero-order valence-electron chi connectivity index (χ0n) is 17.7. The molecule has 166 valence electrons. The van der Waals surface area contributed by atoms with E-state index < -0.39 is 10.0 Å². The van der Waals surface area contributed by atoms with Gasteiger partial charge in [0.1, 0.15) is 0 Å². The summed E-state index contributed by atoms with van der Waals surface area (Å²) in [6.45, 7) is 2.03. The second-order valence-electron chi connectivity index (χ2n) is 7.09. The van der Waals surface area contributed by atoms with Gasteiger partial charge in [-0.05, 0) is 54.4 Å². The van der Waals surface area contributed by atoms with Gasteiger partial charge >= 0.3 is 0 Å². The van der Waals surface area contributed by atoms with Crippen molar-refractivity contribution in [3.8, 4) is 0 Å². The van der Waals surface area contributed by atoms with E-state index in [1.54, 1.807) is 31.2 Å². The number of rotatable bonds is 9. The smallest absolute Gasteiger partial charge is 0.255 e. The number of hydrogen-bond acceptors (Lipinski definition) is 4. The molecule has 0 saturated carbocycles. The van der Waals surface area contributed by atoms with Crippen LogP contribution in [0.1, 0.15) is 29.3 Å². The van der Waals surface area contributed by atoms with Crippen LogP contribution in [0, 0.1) is 0 Å². The van der Waals surface area contributed by atoms with Gasteiger partial charge in [-0.3, -0.25) is 9.59 Å². The minimum absolute atomic E-state index is 0.118. The highest BCUT2D eigenvalue weighted by molar-refractivity contribution is 7.89. The fraction of sp³-hybridized carbons (Fsp3) is 0.167. The lowest BCUT2D eigenvalue weighted by molar-refractivity contribution is -0.115. The number of benzene rings is 3. The average molecular weight is 452 g/mol. The molecule has 0 radical (unpaired) electrons. The van der Waals surface area contributed by atoms with Crippen LogP contribution in [0.2, 0.25) is 0 Å². The maximum Gasteiger partial charge on any atom is 0.255 e. The van der Waals surface area contributed by atoms with Crippen LogP contribution in [0.3, 0.4) is 0 Å². The molecule has 0 aromatic heterocycles. The molecule has 0 aliphatic rings. The maximum absolute atomic E-state index is 12.5. The van der Waals surface area contributed by atoms with Crippen molar-refractivity contribution in [1.29, 1.82) is 0 Å². The van der Waals surface area contributed by atoms with Crippen molar-refractivity contribution in [2.24, 2.45) is 0 Å². The summed E-state index contributed by atoms with van der Waals surface area (Å²) in [5, 5.41) is 5.44. The molecular weight excluding hydrogens is 426 g/mol. The zero-order valence-corrected chi connectivity index (χ0v) is 18.5. The quantitative estimate of drug-likeness (QED) is 0.460. The van der Waals surface area contributed by atoms with Gasteiger partial charge in [0.2, 0.25) is 15.9 Å². The molecule has 0 aliphatic carbocycles. The topological polar surface area (TPSA) is 104 Å². The number of carbonyl (C=O) groups excluding carboxylic acids is 2. The van der Waals surface area contributed by atoms with Crippen LogP contribution in [-0.4, -0.2) is 26.8 Å². The summed E-state index contributed by atoms with van der Waals surface area (Å²) in [5.41, 5.74) is 2.42. The minimum atomic E-state index is -3.65. The number of amides is 2. The van der Waals surface area contributed by atoms with Crippen LogP contribution in [0.15, 0.2) is 83.8 Å². The molecule has 0 atom stereocenters. The van der Waals surface area contributed by atoms with Gasteiger partial charge in [0, 0.05) is 29.9 Å². The van der Waals surface area contributed by atoms with Crippen LogP contribution in [-0.2, 0) is 21.2 Å². The van der Waals surface area contributed by atoms with Crippen LogP contribution < -0.4 is 15.4 Å². The Hall–Kier alpha value is -3.49. The molecule has 3 aromatic carbocycles. The molecule has 0 unspecified atom stereocenters. The third-order valence-electron chi connectivity index (χ3n) is 4.70. The fourth-order valence-corrected chi connectivity index (χ4v) is 4.00. The molecule has 3 aromatic rings. The maximum atomic E-state index is 12.5. The number of sulfonamides is 1. The lowest BCUT2D eigenvalue weighted by Crippen LogP contribution is -2.26. The molecule has 0 bridgehead atoms. The first-order valence-electron chi connectivity index (χ1n) is 10.2. The Morgan fingerprint density at radius 3 is 2.22 bits per heavy atom. The van der Waals surface area contributed by atoms with E-state index in [1.807, 2.05) is 30.3 Å². The third kappa shape index (κ3) is 6.50. The number of nitrogens with one attached hydrogen (secondary N) is 3. The minimum Gasteiger partial charge on any atom is -0.326 e. The highest BCUT2D eigenvalue weighted by atomic mass is 32.2. The van der Waals surface area contributed by atoms with Gasteiger partial charge in [-0.15, -0.1) is 0 Å². The van der Waals surface area contributed by atoms with Crippen LogP contribution >= 0.6 is 0 Å². The van der Waals surface area contributed by atoms with Gasteiger partial charge in [0.15, 0.2) is 0 Å². The lowest BCUT2D eigenvalue weighted by Gasteiger charge is -2.10. The van der Waals surface area contributed by atoms with E-state index in [4.69, 9.17) is 0 Å². The predicted molar refractivity (Wildman–Crippen MR) is 125 cm³/mol. The SMILES string of the molecule is CCC(=O)Nc1cccc(C(=O)Nc2ccc(S(=O)(=O)NCCc3ccccc3)cc2)c1. The molecule has 0 spiro atoms. The predicted octanol–water partition coefficient (Wildman–Crippen LogP) is 3.81. The Kier molecular flexibility index (Phi) is 7.75. The van der Waals surface area contributed by atoms with E-state index >= 15 is 0 Å². The van der Waals surface area contributed by atoms with Crippen LogP contribution in [0.5, 0.6) is 0 Å². The van der Waals surface area contributed by atoms with Crippen molar-refractivity contribution in [2.45, 2.75) is 24.7 Å².